The maximum atomic E-state index is 12.4. The summed E-state index contributed by atoms with van der Waals surface area (Å²) in [5.74, 6) is 3.07. The average molecular weight is 322 g/mol. The molecule has 1 N–H and O–H groups in total. The number of terminal acetylenes is 1. The minimum Gasteiger partial charge on any atom is -0.480 e. The fourth-order valence-electron chi connectivity index (χ4n) is 2.93. The monoisotopic (exact) mass is 322 g/mol. The molecule has 4 heteroatoms. The van der Waals surface area contributed by atoms with Crippen molar-refractivity contribution in [1.82, 2.24) is 5.32 Å². The number of para-hydroxylation sites is 1. The zero-order valence-corrected chi connectivity index (χ0v) is 13.9. The van der Waals surface area contributed by atoms with Crippen molar-refractivity contribution in [3.63, 3.8) is 0 Å². The summed E-state index contributed by atoms with van der Waals surface area (Å²) in [6, 6.07) is 9.32. The first-order valence-electron chi connectivity index (χ1n) is 8.23. The second-order valence-corrected chi connectivity index (χ2v) is 6.04. The van der Waals surface area contributed by atoms with Gasteiger partial charge in [-0.2, -0.15) is 5.26 Å². The molecule has 4 nitrogen and oxygen atoms in total. The Hall–Kier alpha value is -2.72. The maximum absolute atomic E-state index is 12.4. The van der Waals surface area contributed by atoms with Gasteiger partial charge in [-0.05, 0) is 30.9 Å². The summed E-state index contributed by atoms with van der Waals surface area (Å²) in [7, 11) is 0. The van der Waals surface area contributed by atoms with Gasteiger partial charge in [0, 0.05) is 11.6 Å². The van der Waals surface area contributed by atoms with Gasteiger partial charge in [0.05, 0.1) is 0 Å². The Balaban J connectivity index is 2.15. The minimum absolute atomic E-state index is 0.0736. The SMILES string of the molecule is C#CCOc1ccccc1/C=C(\C#N)C(=O)N[C@H]1CCCC[C@@H]1C. The van der Waals surface area contributed by atoms with Crippen molar-refractivity contribution in [3.05, 3.63) is 35.4 Å². The number of ether oxygens (including phenoxy) is 1. The first-order chi connectivity index (χ1) is 11.7. The summed E-state index contributed by atoms with van der Waals surface area (Å²) < 4.78 is 5.46. The molecule has 124 valence electrons. The molecule has 1 aliphatic rings. The molecule has 1 fully saturated rings. The van der Waals surface area contributed by atoms with Crippen LogP contribution < -0.4 is 10.1 Å². The van der Waals surface area contributed by atoms with Crippen LogP contribution in [0, 0.1) is 29.6 Å². The molecule has 0 bridgehead atoms. The van der Waals surface area contributed by atoms with E-state index in [2.05, 4.69) is 18.2 Å². The van der Waals surface area contributed by atoms with E-state index < -0.39 is 0 Å². The van der Waals surface area contributed by atoms with Crippen molar-refractivity contribution in [2.45, 2.75) is 38.6 Å². The highest BCUT2D eigenvalue weighted by atomic mass is 16.5. The molecule has 2 atom stereocenters. The van der Waals surface area contributed by atoms with Crippen LogP contribution in [0.25, 0.3) is 6.08 Å². The van der Waals surface area contributed by atoms with Crippen molar-refractivity contribution in [2.24, 2.45) is 5.92 Å². The molecule has 0 unspecified atom stereocenters. The summed E-state index contributed by atoms with van der Waals surface area (Å²) in [4.78, 5) is 12.4. The van der Waals surface area contributed by atoms with Gasteiger partial charge in [0.25, 0.3) is 5.91 Å². The molecule has 0 aliphatic heterocycles. The van der Waals surface area contributed by atoms with E-state index in [0.717, 1.165) is 19.3 Å². The maximum Gasteiger partial charge on any atom is 0.262 e. The molecule has 0 spiro atoms. The van der Waals surface area contributed by atoms with E-state index in [1.54, 1.807) is 18.2 Å². The van der Waals surface area contributed by atoms with Crippen LogP contribution >= 0.6 is 0 Å². The molecular formula is C20H22N2O2. The Labute approximate surface area is 143 Å². The van der Waals surface area contributed by atoms with Crippen LogP contribution in [0.3, 0.4) is 0 Å². The molecule has 1 saturated carbocycles. The summed E-state index contributed by atoms with van der Waals surface area (Å²) >= 11 is 0. The zero-order valence-electron chi connectivity index (χ0n) is 13.9. The van der Waals surface area contributed by atoms with E-state index in [-0.39, 0.29) is 24.1 Å². The number of amides is 1. The molecule has 2 rings (SSSR count). The number of nitriles is 1. The number of rotatable bonds is 5. The predicted octanol–water partition coefficient (Wildman–Crippen LogP) is 3.30. The Morgan fingerprint density at radius 3 is 2.88 bits per heavy atom. The fraction of sp³-hybridized carbons (Fsp3) is 0.400. The highest BCUT2D eigenvalue weighted by Crippen LogP contribution is 2.25. The number of carbonyl (C=O) groups excluding carboxylic acids is 1. The molecule has 1 aromatic carbocycles. The summed E-state index contributed by atoms with van der Waals surface area (Å²) in [5.41, 5.74) is 0.737. The molecule has 1 aliphatic carbocycles. The second kappa shape index (κ2) is 8.79. The molecule has 0 aromatic heterocycles. The van der Waals surface area contributed by atoms with Gasteiger partial charge in [-0.3, -0.25) is 4.79 Å². The Morgan fingerprint density at radius 1 is 1.42 bits per heavy atom. The quantitative estimate of drug-likeness (QED) is 0.514. The third-order valence-corrected chi connectivity index (χ3v) is 4.32. The zero-order chi connectivity index (χ0) is 17.4. The van der Waals surface area contributed by atoms with Crippen LogP contribution in [0.2, 0.25) is 0 Å². The first kappa shape index (κ1) is 17.6. The number of carbonyl (C=O) groups is 1. The van der Waals surface area contributed by atoms with Crippen LogP contribution in [0.1, 0.15) is 38.2 Å². The minimum atomic E-state index is -0.331. The van der Waals surface area contributed by atoms with Crippen molar-refractivity contribution in [1.29, 1.82) is 5.26 Å². The van der Waals surface area contributed by atoms with Gasteiger partial charge in [-0.1, -0.05) is 43.9 Å². The normalized spacial score (nSPS) is 20.5. The lowest BCUT2D eigenvalue weighted by Crippen LogP contribution is -2.41. The predicted molar refractivity (Wildman–Crippen MR) is 93.9 cm³/mol. The highest BCUT2D eigenvalue weighted by molar-refractivity contribution is 6.02. The van der Waals surface area contributed by atoms with Gasteiger partial charge in [0.1, 0.15) is 24.0 Å². The summed E-state index contributed by atoms with van der Waals surface area (Å²) in [6.45, 7) is 2.28. The van der Waals surface area contributed by atoms with Gasteiger partial charge >= 0.3 is 0 Å². The van der Waals surface area contributed by atoms with Crippen molar-refractivity contribution in [2.75, 3.05) is 6.61 Å². The highest BCUT2D eigenvalue weighted by Gasteiger charge is 2.24. The third-order valence-electron chi connectivity index (χ3n) is 4.32. The molecule has 0 heterocycles. The van der Waals surface area contributed by atoms with Gasteiger partial charge in [-0.25, -0.2) is 0 Å². The molecule has 24 heavy (non-hydrogen) atoms. The molecule has 0 radical (unpaired) electrons. The largest absolute Gasteiger partial charge is 0.480 e. The van der Waals surface area contributed by atoms with Crippen LogP contribution in [-0.4, -0.2) is 18.6 Å². The Kier molecular flexibility index (Phi) is 6.46. The van der Waals surface area contributed by atoms with E-state index in [4.69, 9.17) is 11.2 Å². The smallest absolute Gasteiger partial charge is 0.262 e. The second-order valence-electron chi connectivity index (χ2n) is 6.04. The summed E-state index contributed by atoms with van der Waals surface area (Å²) in [6.07, 6.45) is 11.2. The van der Waals surface area contributed by atoms with E-state index in [1.807, 2.05) is 18.2 Å². The van der Waals surface area contributed by atoms with Crippen molar-refractivity contribution in [3.8, 4) is 24.2 Å². The number of hydrogen-bond donors (Lipinski definition) is 1. The molecular weight excluding hydrogens is 300 g/mol. The molecule has 0 saturated heterocycles. The number of benzene rings is 1. The van der Waals surface area contributed by atoms with E-state index in [9.17, 15) is 10.1 Å². The lowest BCUT2D eigenvalue weighted by atomic mass is 9.86. The van der Waals surface area contributed by atoms with Gasteiger partial charge in [-0.15, -0.1) is 6.42 Å². The third kappa shape index (κ3) is 4.64. The summed E-state index contributed by atoms with van der Waals surface area (Å²) in [5, 5.41) is 12.4. The standard InChI is InChI=1S/C20H22N2O2/c1-3-12-24-19-11-7-5-9-16(19)13-17(14-21)20(23)22-18-10-6-4-8-15(18)2/h1,5,7,9,11,13,15,18H,4,6,8,10,12H2,2H3,(H,22,23)/b17-13+/t15-,18-/m0/s1. The van der Waals surface area contributed by atoms with E-state index in [1.165, 1.54) is 6.42 Å². The van der Waals surface area contributed by atoms with Gasteiger partial charge in [0.2, 0.25) is 0 Å². The van der Waals surface area contributed by atoms with Gasteiger partial charge < -0.3 is 10.1 Å². The number of hydrogen-bond acceptors (Lipinski definition) is 3. The first-order valence-corrected chi connectivity index (χ1v) is 8.23. The lowest BCUT2D eigenvalue weighted by Gasteiger charge is -2.29. The van der Waals surface area contributed by atoms with Crippen molar-refractivity contribution < 1.29 is 9.53 Å². The van der Waals surface area contributed by atoms with E-state index in [0.29, 0.717) is 17.2 Å². The van der Waals surface area contributed by atoms with Crippen LogP contribution in [-0.2, 0) is 4.79 Å². The lowest BCUT2D eigenvalue weighted by molar-refractivity contribution is -0.118. The average Bonchev–Trinajstić information content (AvgIpc) is 2.60. The molecule has 1 aromatic rings. The van der Waals surface area contributed by atoms with Crippen LogP contribution in [0.4, 0.5) is 0 Å². The fourth-order valence-corrected chi connectivity index (χ4v) is 2.93. The Morgan fingerprint density at radius 2 is 2.17 bits per heavy atom. The van der Waals surface area contributed by atoms with Crippen LogP contribution in [0.15, 0.2) is 29.8 Å². The number of nitrogens with zero attached hydrogens (tertiary/aromatic N) is 1. The number of nitrogens with one attached hydrogen (secondary N) is 1. The topological polar surface area (TPSA) is 62.1 Å². The van der Waals surface area contributed by atoms with Crippen molar-refractivity contribution >= 4 is 12.0 Å². The van der Waals surface area contributed by atoms with E-state index >= 15 is 0 Å². The molecule has 1 amide bonds. The van der Waals surface area contributed by atoms with Gasteiger partial charge in [0.15, 0.2) is 0 Å². The van der Waals surface area contributed by atoms with Crippen LogP contribution in [0.5, 0.6) is 5.75 Å². The Bertz CT molecular complexity index is 694.